The standard InChI is InChI=1S/C14H20N4O2/c1-9-2-5-11(12(8-9)18-15)14(20)16-7-6-13(19)17-10-3-4-10/h2,5,8,10,18H,3-4,6-7,15H2,1H3,(H,16,20)(H,17,19). The van der Waals surface area contributed by atoms with E-state index < -0.39 is 0 Å². The van der Waals surface area contributed by atoms with Crippen LogP contribution in [-0.2, 0) is 4.79 Å². The average molecular weight is 276 g/mol. The van der Waals surface area contributed by atoms with Crippen LogP contribution in [0.3, 0.4) is 0 Å². The lowest BCUT2D eigenvalue weighted by atomic mass is 10.1. The summed E-state index contributed by atoms with van der Waals surface area (Å²) < 4.78 is 0. The highest BCUT2D eigenvalue weighted by Gasteiger charge is 2.22. The SMILES string of the molecule is Cc1ccc(C(=O)NCCC(=O)NC2CC2)c(NN)c1. The van der Waals surface area contributed by atoms with Gasteiger partial charge in [-0.3, -0.25) is 15.4 Å². The molecule has 0 aliphatic heterocycles. The van der Waals surface area contributed by atoms with Gasteiger partial charge in [-0.1, -0.05) is 6.07 Å². The molecule has 2 amide bonds. The van der Waals surface area contributed by atoms with Crippen LogP contribution in [-0.4, -0.2) is 24.4 Å². The highest BCUT2D eigenvalue weighted by Crippen LogP contribution is 2.18. The van der Waals surface area contributed by atoms with Gasteiger partial charge in [-0.25, -0.2) is 0 Å². The van der Waals surface area contributed by atoms with Crippen LogP contribution in [0.1, 0.15) is 35.2 Å². The Hall–Kier alpha value is -2.08. The van der Waals surface area contributed by atoms with Crippen molar-refractivity contribution in [3.05, 3.63) is 29.3 Å². The molecule has 5 N–H and O–H groups in total. The molecule has 1 aromatic carbocycles. The van der Waals surface area contributed by atoms with Crippen molar-refractivity contribution < 1.29 is 9.59 Å². The van der Waals surface area contributed by atoms with Crippen LogP contribution < -0.4 is 21.9 Å². The zero-order valence-corrected chi connectivity index (χ0v) is 11.5. The molecule has 0 aromatic heterocycles. The van der Waals surface area contributed by atoms with Crippen molar-refractivity contribution >= 4 is 17.5 Å². The number of nitrogens with two attached hydrogens (primary N) is 1. The summed E-state index contributed by atoms with van der Waals surface area (Å²) in [5, 5.41) is 5.60. The third kappa shape index (κ3) is 3.96. The quantitative estimate of drug-likeness (QED) is 0.454. The molecule has 1 aliphatic carbocycles. The number of aryl methyl sites for hydroxylation is 1. The molecule has 20 heavy (non-hydrogen) atoms. The van der Waals surface area contributed by atoms with Crippen LogP contribution in [0.25, 0.3) is 0 Å². The van der Waals surface area contributed by atoms with Gasteiger partial charge in [0.2, 0.25) is 5.91 Å². The predicted octanol–water partition coefficient (Wildman–Crippen LogP) is 0.679. The highest BCUT2D eigenvalue weighted by molar-refractivity contribution is 5.99. The van der Waals surface area contributed by atoms with Crippen LogP contribution >= 0.6 is 0 Å². The third-order valence-corrected chi connectivity index (χ3v) is 3.16. The Morgan fingerprint density at radius 1 is 1.35 bits per heavy atom. The molecule has 0 heterocycles. The maximum Gasteiger partial charge on any atom is 0.253 e. The first-order valence-corrected chi connectivity index (χ1v) is 6.75. The van der Waals surface area contributed by atoms with Gasteiger partial charge in [0.1, 0.15) is 0 Å². The Balaban J connectivity index is 1.83. The maximum absolute atomic E-state index is 12.0. The number of nitrogens with one attached hydrogen (secondary N) is 3. The van der Waals surface area contributed by atoms with Gasteiger partial charge in [0, 0.05) is 19.0 Å². The zero-order valence-electron chi connectivity index (χ0n) is 11.5. The fraction of sp³-hybridized carbons (Fsp3) is 0.429. The Morgan fingerprint density at radius 3 is 2.75 bits per heavy atom. The number of nitrogen functional groups attached to an aromatic ring is 1. The minimum absolute atomic E-state index is 0.0196. The molecular formula is C14H20N4O2. The molecule has 108 valence electrons. The van der Waals surface area contributed by atoms with Gasteiger partial charge in [0.05, 0.1) is 11.3 Å². The van der Waals surface area contributed by atoms with E-state index in [0.29, 0.717) is 30.3 Å². The predicted molar refractivity (Wildman–Crippen MR) is 77.1 cm³/mol. The number of hydrogen-bond donors (Lipinski definition) is 4. The molecule has 0 radical (unpaired) electrons. The number of carbonyl (C=O) groups excluding carboxylic acids is 2. The zero-order chi connectivity index (χ0) is 14.5. The van der Waals surface area contributed by atoms with E-state index >= 15 is 0 Å². The molecule has 6 heteroatoms. The normalized spacial score (nSPS) is 13.7. The molecular weight excluding hydrogens is 256 g/mol. The number of hydrazine groups is 1. The van der Waals surface area contributed by atoms with E-state index in [1.807, 2.05) is 13.0 Å². The number of benzene rings is 1. The lowest BCUT2D eigenvalue weighted by Crippen LogP contribution is -2.32. The van der Waals surface area contributed by atoms with E-state index in [-0.39, 0.29) is 11.8 Å². The Labute approximate surface area is 118 Å². The Morgan fingerprint density at radius 2 is 2.10 bits per heavy atom. The number of amides is 2. The third-order valence-electron chi connectivity index (χ3n) is 3.16. The second kappa shape index (κ2) is 6.38. The minimum atomic E-state index is -0.239. The summed E-state index contributed by atoms with van der Waals surface area (Å²) in [4.78, 5) is 23.5. The molecule has 1 fully saturated rings. The van der Waals surface area contributed by atoms with Gasteiger partial charge in [-0.05, 0) is 37.5 Å². The summed E-state index contributed by atoms with van der Waals surface area (Å²) in [7, 11) is 0. The van der Waals surface area contributed by atoms with Crippen LogP contribution in [0.5, 0.6) is 0 Å². The van der Waals surface area contributed by atoms with Gasteiger partial charge < -0.3 is 16.1 Å². The van der Waals surface area contributed by atoms with Crippen LogP contribution in [0.2, 0.25) is 0 Å². The van der Waals surface area contributed by atoms with E-state index in [1.54, 1.807) is 12.1 Å². The first-order chi connectivity index (χ1) is 9.60. The van der Waals surface area contributed by atoms with E-state index in [0.717, 1.165) is 18.4 Å². The first-order valence-electron chi connectivity index (χ1n) is 6.75. The van der Waals surface area contributed by atoms with Crippen LogP contribution in [0.4, 0.5) is 5.69 Å². The van der Waals surface area contributed by atoms with Crippen LogP contribution in [0, 0.1) is 6.92 Å². The van der Waals surface area contributed by atoms with Crippen molar-refractivity contribution in [3.8, 4) is 0 Å². The second-order valence-corrected chi connectivity index (χ2v) is 5.04. The average Bonchev–Trinajstić information content (AvgIpc) is 3.22. The van der Waals surface area contributed by atoms with E-state index in [4.69, 9.17) is 5.84 Å². The fourth-order valence-corrected chi connectivity index (χ4v) is 1.89. The van der Waals surface area contributed by atoms with E-state index in [1.165, 1.54) is 0 Å². The van der Waals surface area contributed by atoms with Crippen molar-refractivity contribution in [2.24, 2.45) is 5.84 Å². The fourth-order valence-electron chi connectivity index (χ4n) is 1.89. The number of rotatable bonds is 6. The Kier molecular flexibility index (Phi) is 4.57. The van der Waals surface area contributed by atoms with Gasteiger partial charge >= 0.3 is 0 Å². The first kappa shape index (κ1) is 14.3. The lowest BCUT2D eigenvalue weighted by Gasteiger charge is -2.10. The van der Waals surface area contributed by atoms with Crippen molar-refractivity contribution in [3.63, 3.8) is 0 Å². The monoisotopic (exact) mass is 276 g/mol. The summed E-state index contributed by atoms with van der Waals surface area (Å²) in [6.07, 6.45) is 2.42. The highest BCUT2D eigenvalue weighted by atomic mass is 16.2. The Bertz CT molecular complexity index is 512. The number of hydrogen-bond acceptors (Lipinski definition) is 4. The van der Waals surface area contributed by atoms with Gasteiger partial charge in [-0.2, -0.15) is 0 Å². The van der Waals surface area contributed by atoms with Gasteiger partial charge in [0.15, 0.2) is 0 Å². The molecule has 1 saturated carbocycles. The topological polar surface area (TPSA) is 96.2 Å². The van der Waals surface area contributed by atoms with Crippen molar-refractivity contribution in [1.29, 1.82) is 0 Å². The van der Waals surface area contributed by atoms with Gasteiger partial charge in [-0.15, -0.1) is 0 Å². The molecule has 0 spiro atoms. The van der Waals surface area contributed by atoms with Crippen molar-refractivity contribution in [1.82, 2.24) is 10.6 Å². The summed E-state index contributed by atoms with van der Waals surface area (Å²) >= 11 is 0. The van der Waals surface area contributed by atoms with Gasteiger partial charge in [0.25, 0.3) is 5.91 Å². The number of carbonyl (C=O) groups is 2. The van der Waals surface area contributed by atoms with Crippen molar-refractivity contribution in [2.45, 2.75) is 32.2 Å². The van der Waals surface area contributed by atoms with Crippen LogP contribution in [0.15, 0.2) is 18.2 Å². The smallest absolute Gasteiger partial charge is 0.253 e. The number of anilines is 1. The molecule has 1 aliphatic rings. The molecule has 2 rings (SSSR count). The molecule has 0 unspecified atom stereocenters. The summed E-state index contributed by atoms with van der Waals surface area (Å²) in [6, 6.07) is 5.71. The largest absolute Gasteiger partial charge is 0.353 e. The van der Waals surface area contributed by atoms with E-state index in [9.17, 15) is 9.59 Å². The summed E-state index contributed by atoms with van der Waals surface area (Å²) in [5.74, 6) is 5.14. The van der Waals surface area contributed by atoms with Crippen molar-refractivity contribution in [2.75, 3.05) is 12.0 Å². The summed E-state index contributed by atoms with van der Waals surface area (Å²) in [5.41, 5.74) is 4.57. The molecule has 0 saturated heterocycles. The maximum atomic E-state index is 12.0. The molecule has 6 nitrogen and oxygen atoms in total. The molecule has 0 bridgehead atoms. The second-order valence-electron chi connectivity index (χ2n) is 5.04. The molecule has 0 atom stereocenters. The lowest BCUT2D eigenvalue weighted by molar-refractivity contribution is -0.121. The van der Waals surface area contributed by atoms with E-state index in [2.05, 4.69) is 16.1 Å². The summed E-state index contributed by atoms with van der Waals surface area (Å²) in [6.45, 7) is 2.24. The molecule has 1 aromatic rings. The minimum Gasteiger partial charge on any atom is -0.353 e.